The van der Waals surface area contributed by atoms with Gasteiger partial charge in [0.1, 0.15) is 0 Å². The molecule has 0 bridgehead atoms. The molecular weight excluding hydrogens is 276 g/mol. The van der Waals surface area contributed by atoms with E-state index in [1.54, 1.807) is 31.0 Å². The van der Waals surface area contributed by atoms with Gasteiger partial charge in [-0.25, -0.2) is 9.97 Å². The minimum atomic E-state index is 0.606. The maximum Gasteiger partial charge on any atom is 0.223 e. The molecule has 0 fully saturated rings. The van der Waals surface area contributed by atoms with Crippen molar-refractivity contribution in [3.63, 3.8) is 0 Å². The lowest BCUT2D eigenvalue weighted by Gasteiger charge is -2.08. The fourth-order valence-corrected chi connectivity index (χ4v) is 1.97. The monoisotopic (exact) mass is 292 g/mol. The van der Waals surface area contributed by atoms with Crippen LogP contribution in [0.25, 0.3) is 11.3 Å². The Kier molecular flexibility index (Phi) is 4.51. The van der Waals surface area contributed by atoms with Crippen molar-refractivity contribution < 1.29 is 0 Å². The van der Waals surface area contributed by atoms with Gasteiger partial charge in [0, 0.05) is 49.6 Å². The number of rotatable bonds is 6. The van der Waals surface area contributed by atoms with Crippen LogP contribution >= 0.6 is 0 Å². The highest BCUT2D eigenvalue weighted by Crippen LogP contribution is 2.15. The summed E-state index contributed by atoms with van der Waals surface area (Å²) in [6.45, 7) is 1.47. The van der Waals surface area contributed by atoms with Crippen LogP contribution in [0.4, 0.5) is 11.6 Å². The molecule has 3 aromatic rings. The van der Waals surface area contributed by atoms with Gasteiger partial charge in [0.2, 0.25) is 5.95 Å². The van der Waals surface area contributed by atoms with E-state index < -0.39 is 0 Å². The molecule has 0 atom stereocenters. The van der Waals surface area contributed by atoms with Gasteiger partial charge in [0.25, 0.3) is 0 Å². The number of anilines is 2. The summed E-state index contributed by atoms with van der Waals surface area (Å²) in [7, 11) is 0. The van der Waals surface area contributed by atoms with Crippen LogP contribution in [0.2, 0.25) is 0 Å². The predicted octanol–water partition coefficient (Wildman–Crippen LogP) is 2.46. The molecule has 3 heterocycles. The van der Waals surface area contributed by atoms with E-state index in [0.717, 1.165) is 23.5 Å². The van der Waals surface area contributed by atoms with E-state index in [1.165, 1.54) is 0 Å². The maximum absolute atomic E-state index is 4.49. The van der Waals surface area contributed by atoms with Crippen molar-refractivity contribution in [3.05, 3.63) is 61.3 Å². The van der Waals surface area contributed by atoms with Crippen LogP contribution in [-0.4, -0.2) is 33.0 Å². The number of hydrogen-bond donors (Lipinski definition) is 2. The van der Waals surface area contributed by atoms with Crippen molar-refractivity contribution in [2.45, 2.75) is 0 Å². The Morgan fingerprint density at radius 1 is 0.818 bits per heavy atom. The highest BCUT2D eigenvalue weighted by molar-refractivity contribution is 5.58. The van der Waals surface area contributed by atoms with E-state index in [1.807, 2.05) is 30.3 Å². The van der Waals surface area contributed by atoms with Crippen molar-refractivity contribution in [1.82, 2.24) is 19.9 Å². The van der Waals surface area contributed by atoms with E-state index in [0.29, 0.717) is 12.5 Å². The van der Waals surface area contributed by atoms with Crippen LogP contribution in [0, 0.1) is 0 Å². The SMILES string of the molecule is c1cncc(NCCNc2nccc(-c3cccnc3)n2)c1. The summed E-state index contributed by atoms with van der Waals surface area (Å²) in [6.07, 6.45) is 8.82. The smallest absolute Gasteiger partial charge is 0.223 e. The van der Waals surface area contributed by atoms with Crippen LogP contribution in [0.3, 0.4) is 0 Å². The van der Waals surface area contributed by atoms with E-state index >= 15 is 0 Å². The molecule has 22 heavy (non-hydrogen) atoms. The van der Waals surface area contributed by atoms with Crippen molar-refractivity contribution in [2.24, 2.45) is 0 Å². The third-order valence-electron chi connectivity index (χ3n) is 3.01. The highest BCUT2D eigenvalue weighted by atomic mass is 15.1. The number of hydrogen-bond acceptors (Lipinski definition) is 6. The van der Waals surface area contributed by atoms with E-state index in [4.69, 9.17) is 0 Å². The van der Waals surface area contributed by atoms with Crippen molar-refractivity contribution in [1.29, 1.82) is 0 Å². The largest absolute Gasteiger partial charge is 0.382 e. The number of pyridine rings is 2. The molecule has 0 spiro atoms. The predicted molar refractivity (Wildman–Crippen MR) is 86.5 cm³/mol. The summed E-state index contributed by atoms with van der Waals surface area (Å²) in [4.78, 5) is 16.9. The molecule has 0 saturated carbocycles. The van der Waals surface area contributed by atoms with Gasteiger partial charge in [-0.05, 0) is 30.3 Å². The summed E-state index contributed by atoms with van der Waals surface area (Å²) >= 11 is 0. The van der Waals surface area contributed by atoms with Crippen LogP contribution in [0.5, 0.6) is 0 Å². The van der Waals surface area contributed by atoms with Gasteiger partial charge in [0.05, 0.1) is 11.4 Å². The Morgan fingerprint density at radius 3 is 2.41 bits per heavy atom. The molecule has 3 aromatic heterocycles. The first-order valence-corrected chi connectivity index (χ1v) is 7.03. The van der Waals surface area contributed by atoms with E-state index in [9.17, 15) is 0 Å². The van der Waals surface area contributed by atoms with Gasteiger partial charge in [-0.1, -0.05) is 0 Å². The molecule has 6 heteroatoms. The first-order chi connectivity index (χ1) is 10.9. The van der Waals surface area contributed by atoms with Gasteiger partial charge in [-0.15, -0.1) is 0 Å². The van der Waals surface area contributed by atoms with Crippen LogP contribution in [0.15, 0.2) is 61.3 Å². The molecule has 2 N–H and O–H groups in total. The Balaban J connectivity index is 1.55. The van der Waals surface area contributed by atoms with E-state index in [2.05, 4.69) is 30.6 Å². The fraction of sp³-hybridized carbons (Fsp3) is 0.125. The van der Waals surface area contributed by atoms with Gasteiger partial charge >= 0.3 is 0 Å². The van der Waals surface area contributed by atoms with Gasteiger partial charge < -0.3 is 10.6 Å². The van der Waals surface area contributed by atoms with Crippen molar-refractivity contribution in [3.8, 4) is 11.3 Å². The highest BCUT2D eigenvalue weighted by Gasteiger charge is 2.01. The molecule has 3 rings (SSSR count). The summed E-state index contributed by atoms with van der Waals surface area (Å²) in [5, 5.41) is 6.47. The molecule has 0 amide bonds. The first kappa shape index (κ1) is 13.9. The average Bonchev–Trinajstić information content (AvgIpc) is 2.61. The fourth-order valence-electron chi connectivity index (χ4n) is 1.97. The molecule has 0 aliphatic rings. The second-order valence-corrected chi connectivity index (χ2v) is 4.60. The van der Waals surface area contributed by atoms with Crippen LogP contribution in [-0.2, 0) is 0 Å². The molecule has 0 saturated heterocycles. The zero-order chi connectivity index (χ0) is 15.0. The van der Waals surface area contributed by atoms with Crippen molar-refractivity contribution in [2.75, 3.05) is 23.7 Å². The molecule has 0 aromatic carbocycles. The molecule has 0 unspecified atom stereocenters. The zero-order valence-corrected chi connectivity index (χ0v) is 12.0. The standard InChI is InChI=1S/C16H16N6/c1-3-13(11-17-6-1)15-5-8-20-16(22-15)21-10-9-19-14-4-2-7-18-12-14/h1-8,11-12,19H,9-10H2,(H,20,21,22). The third-order valence-corrected chi connectivity index (χ3v) is 3.01. The average molecular weight is 292 g/mol. The third kappa shape index (κ3) is 3.76. The lowest BCUT2D eigenvalue weighted by atomic mass is 10.2. The summed E-state index contributed by atoms with van der Waals surface area (Å²) in [5.41, 5.74) is 2.82. The second kappa shape index (κ2) is 7.12. The second-order valence-electron chi connectivity index (χ2n) is 4.60. The van der Waals surface area contributed by atoms with Crippen molar-refractivity contribution >= 4 is 11.6 Å². The normalized spacial score (nSPS) is 10.2. The van der Waals surface area contributed by atoms with Crippen LogP contribution in [0.1, 0.15) is 0 Å². The topological polar surface area (TPSA) is 75.6 Å². The van der Waals surface area contributed by atoms with Gasteiger partial charge in [0.15, 0.2) is 0 Å². The summed E-state index contributed by atoms with van der Waals surface area (Å²) < 4.78 is 0. The molecular formula is C16H16N6. The molecule has 110 valence electrons. The lowest BCUT2D eigenvalue weighted by Crippen LogP contribution is -2.15. The summed E-state index contributed by atoms with van der Waals surface area (Å²) in [6, 6.07) is 9.62. The lowest BCUT2D eigenvalue weighted by molar-refractivity contribution is 1.03. The minimum absolute atomic E-state index is 0.606. The quantitative estimate of drug-likeness (QED) is 0.680. The number of aromatic nitrogens is 4. The molecule has 0 radical (unpaired) electrons. The first-order valence-electron chi connectivity index (χ1n) is 7.03. The Morgan fingerprint density at radius 2 is 1.64 bits per heavy atom. The zero-order valence-electron chi connectivity index (χ0n) is 12.0. The van der Waals surface area contributed by atoms with Gasteiger partial charge in [-0.2, -0.15) is 0 Å². The Hall–Kier alpha value is -3.02. The van der Waals surface area contributed by atoms with Crippen LogP contribution < -0.4 is 10.6 Å². The molecule has 0 aliphatic heterocycles. The Bertz CT molecular complexity index is 702. The maximum atomic E-state index is 4.49. The number of nitrogens with zero attached hydrogens (tertiary/aromatic N) is 4. The summed E-state index contributed by atoms with van der Waals surface area (Å²) in [5.74, 6) is 0.606. The van der Waals surface area contributed by atoms with Gasteiger partial charge in [-0.3, -0.25) is 9.97 Å². The molecule has 6 nitrogen and oxygen atoms in total. The number of nitrogens with one attached hydrogen (secondary N) is 2. The Labute approximate surface area is 128 Å². The minimum Gasteiger partial charge on any atom is -0.382 e. The molecule has 0 aliphatic carbocycles. The van der Waals surface area contributed by atoms with E-state index in [-0.39, 0.29) is 0 Å².